The summed E-state index contributed by atoms with van der Waals surface area (Å²) in [6.45, 7) is 5.73. The van der Waals surface area contributed by atoms with Crippen LogP contribution in [-0.2, 0) is 16.1 Å². The molecule has 0 amide bonds. The van der Waals surface area contributed by atoms with E-state index in [1.165, 1.54) is 44.9 Å². The Morgan fingerprint density at radius 2 is 1.30 bits per heavy atom. The molecule has 0 bridgehead atoms. The highest BCUT2D eigenvalue weighted by Gasteiger charge is 2.05. The first kappa shape index (κ1) is 26.3. The largest absolute Gasteiger partial charge is 0.493 e. The fourth-order valence-corrected chi connectivity index (χ4v) is 3.29. The second-order valence-corrected chi connectivity index (χ2v) is 7.76. The quantitative estimate of drug-likeness (QED) is 0.212. The van der Waals surface area contributed by atoms with Crippen molar-refractivity contribution in [1.29, 1.82) is 0 Å². The van der Waals surface area contributed by atoms with E-state index in [0.717, 1.165) is 42.7 Å². The molecule has 0 saturated carbocycles. The SMILES string of the molecule is CCCCCCCCCCOc1cc(CO)cc(OCCCCCC(=O)OCC)c1. The van der Waals surface area contributed by atoms with Crippen LogP contribution in [0.2, 0.25) is 0 Å². The summed E-state index contributed by atoms with van der Waals surface area (Å²) in [6, 6.07) is 5.61. The second kappa shape index (κ2) is 18.1. The first-order valence-electron chi connectivity index (χ1n) is 11.9. The van der Waals surface area contributed by atoms with Crippen LogP contribution >= 0.6 is 0 Å². The van der Waals surface area contributed by atoms with Gasteiger partial charge in [-0.25, -0.2) is 0 Å². The number of hydrogen-bond donors (Lipinski definition) is 1. The third-order valence-electron chi connectivity index (χ3n) is 4.99. The van der Waals surface area contributed by atoms with E-state index in [-0.39, 0.29) is 12.6 Å². The fraction of sp³-hybridized carbons (Fsp3) is 0.720. The molecule has 1 aromatic rings. The van der Waals surface area contributed by atoms with Gasteiger partial charge in [0.1, 0.15) is 11.5 Å². The molecule has 0 aromatic heterocycles. The molecule has 30 heavy (non-hydrogen) atoms. The number of carbonyl (C=O) groups is 1. The summed E-state index contributed by atoms with van der Waals surface area (Å²) in [5.41, 5.74) is 0.792. The molecule has 0 aliphatic rings. The van der Waals surface area contributed by atoms with Crippen LogP contribution in [0.4, 0.5) is 0 Å². The Kier molecular flexibility index (Phi) is 15.8. The number of aliphatic hydroxyl groups is 1. The Morgan fingerprint density at radius 3 is 1.83 bits per heavy atom. The molecule has 0 aliphatic carbocycles. The Balaban J connectivity index is 2.22. The lowest BCUT2D eigenvalue weighted by Gasteiger charge is -2.12. The minimum absolute atomic E-state index is 0.0368. The Hall–Kier alpha value is -1.75. The minimum atomic E-state index is -0.132. The molecule has 0 heterocycles. The topological polar surface area (TPSA) is 65.0 Å². The summed E-state index contributed by atoms with van der Waals surface area (Å²) in [4.78, 5) is 11.3. The van der Waals surface area contributed by atoms with Crippen molar-refractivity contribution >= 4 is 5.97 Å². The number of hydrogen-bond acceptors (Lipinski definition) is 5. The monoisotopic (exact) mass is 422 g/mol. The molecule has 5 heteroatoms. The molecule has 0 spiro atoms. The summed E-state index contributed by atoms with van der Waals surface area (Å²) in [7, 11) is 0. The zero-order chi connectivity index (χ0) is 21.9. The van der Waals surface area contributed by atoms with Crippen LogP contribution in [0.25, 0.3) is 0 Å². The molecule has 0 aliphatic heterocycles. The highest BCUT2D eigenvalue weighted by Crippen LogP contribution is 2.24. The minimum Gasteiger partial charge on any atom is -0.493 e. The molecule has 0 unspecified atom stereocenters. The molecule has 1 aromatic carbocycles. The lowest BCUT2D eigenvalue weighted by Crippen LogP contribution is -2.04. The van der Waals surface area contributed by atoms with Crippen LogP contribution < -0.4 is 9.47 Å². The highest BCUT2D eigenvalue weighted by molar-refractivity contribution is 5.69. The van der Waals surface area contributed by atoms with E-state index in [4.69, 9.17) is 14.2 Å². The van der Waals surface area contributed by atoms with E-state index in [2.05, 4.69) is 6.92 Å². The Labute approximate surface area is 183 Å². The maximum atomic E-state index is 11.3. The third-order valence-corrected chi connectivity index (χ3v) is 4.99. The van der Waals surface area contributed by atoms with Crippen molar-refractivity contribution in [1.82, 2.24) is 0 Å². The van der Waals surface area contributed by atoms with Gasteiger partial charge in [-0.3, -0.25) is 4.79 Å². The number of rotatable bonds is 19. The first-order valence-corrected chi connectivity index (χ1v) is 11.9. The van der Waals surface area contributed by atoms with Gasteiger partial charge in [-0.15, -0.1) is 0 Å². The van der Waals surface area contributed by atoms with Crippen LogP contribution in [0.3, 0.4) is 0 Å². The number of esters is 1. The summed E-state index contributed by atoms with van der Waals surface area (Å²) >= 11 is 0. The lowest BCUT2D eigenvalue weighted by molar-refractivity contribution is -0.143. The lowest BCUT2D eigenvalue weighted by atomic mass is 10.1. The van der Waals surface area contributed by atoms with Gasteiger partial charge in [-0.1, -0.05) is 51.9 Å². The highest BCUT2D eigenvalue weighted by atomic mass is 16.5. The van der Waals surface area contributed by atoms with Gasteiger partial charge in [0.05, 0.1) is 26.4 Å². The smallest absolute Gasteiger partial charge is 0.305 e. The molecular weight excluding hydrogens is 380 g/mol. The van der Waals surface area contributed by atoms with Crippen LogP contribution in [0.1, 0.15) is 96.5 Å². The summed E-state index contributed by atoms with van der Waals surface area (Å²) in [6.07, 6.45) is 13.2. The average molecular weight is 423 g/mol. The number of unbranched alkanes of at least 4 members (excludes halogenated alkanes) is 9. The van der Waals surface area contributed by atoms with Crippen molar-refractivity contribution < 1.29 is 24.1 Å². The van der Waals surface area contributed by atoms with Gasteiger partial charge in [-0.05, 0) is 50.3 Å². The molecule has 0 radical (unpaired) electrons. The Bertz CT molecular complexity index is 558. The molecule has 5 nitrogen and oxygen atoms in total. The first-order chi connectivity index (χ1) is 14.7. The van der Waals surface area contributed by atoms with Crippen LogP contribution in [0.15, 0.2) is 18.2 Å². The van der Waals surface area contributed by atoms with E-state index in [9.17, 15) is 9.90 Å². The second-order valence-electron chi connectivity index (χ2n) is 7.76. The normalized spacial score (nSPS) is 10.8. The van der Waals surface area contributed by atoms with Gasteiger partial charge in [0.25, 0.3) is 0 Å². The molecule has 0 saturated heterocycles. The zero-order valence-electron chi connectivity index (χ0n) is 19.1. The number of carbonyl (C=O) groups excluding carboxylic acids is 1. The maximum Gasteiger partial charge on any atom is 0.305 e. The van der Waals surface area contributed by atoms with Crippen molar-refractivity contribution in [2.24, 2.45) is 0 Å². The van der Waals surface area contributed by atoms with Crippen molar-refractivity contribution in [3.05, 3.63) is 23.8 Å². The maximum absolute atomic E-state index is 11.3. The van der Waals surface area contributed by atoms with Crippen molar-refractivity contribution in [3.63, 3.8) is 0 Å². The van der Waals surface area contributed by atoms with Gasteiger partial charge in [0.2, 0.25) is 0 Å². The molecule has 0 fully saturated rings. The predicted octanol–water partition coefficient (Wildman–Crippen LogP) is 6.20. The van der Waals surface area contributed by atoms with Gasteiger partial charge < -0.3 is 19.3 Å². The van der Waals surface area contributed by atoms with Crippen molar-refractivity contribution in [3.8, 4) is 11.5 Å². The molecule has 0 atom stereocenters. The predicted molar refractivity (Wildman–Crippen MR) is 121 cm³/mol. The zero-order valence-corrected chi connectivity index (χ0v) is 19.1. The molecular formula is C25H42O5. The van der Waals surface area contributed by atoms with Crippen LogP contribution in [0.5, 0.6) is 11.5 Å². The standard InChI is InChI=1S/C25H42O5/c1-3-5-6-7-8-9-10-13-16-29-23-18-22(21-26)19-24(20-23)30-17-14-11-12-15-25(27)28-4-2/h18-20,26H,3-17,21H2,1-2H3. The van der Waals surface area contributed by atoms with Crippen molar-refractivity contribution in [2.75, 3.05) is 19.8 Å². The number of ether oxygens (including phenoxy) is 3. The van der Waals surface area contributed by atoms with Crippen LogP contribution in [0, 0.1) is 0 Å². The van der Waals surface area contributed by atoms with Gasteiger partial charge in [0.15, 0.2) is 0 Å². The molecule has 172 valence electrons. The van der Waals surface area contributed by atoms with E-state index >= 15 is 0 Å². The van der Waals surface area contributed by atoms with Crippen LogP contribution in [-0.4, -0.2) is 30.9 Å². The fourth-order valence-electron chi connectivity index (χ4n) is 3.29. The van der Waals surface area contributed by atoms with E-state index < -0.39 is 0 Å². The third kappa shape index (κ3) is 13.5. The van der Waals surface area contributed by atoms with E-state index in [1.54, 1.807) is 0 Å². The number of benzene rings is 1. The van der Waals surface area contributed by atoms with Gasteiger partial charge >= 0.3 is 5.97 Å². The summed E-state index contributed by atoms with van der Waals surface area (Å²) in [5.74, 6) is 1.34. The number of aliphatic hydroxyl groups excluding tert-OH is 1. The molecule has 1 rings (SSSR count). The average Bonchev–Trinajstić information content (AvgIpc) is 2.75. The van der Waals surface area contributed by atoms with E-state index in [0.29, 0.717) is 26.2 Å². The summed E-state index contributed by atoms with van der Waals surface area (Å²) < 4.78 is 16.6. The van der Waals surface area contributed by atoms with E-state index in [1.807, 2.05) is 25.1 Å². The van der Waals surface area contributed by atoms with Gasteiger partial charge in [-0.2, -0.15) is 0 Å². The molecule has 1 N–H and O–H groups in total. The summed E-state index contributed by atoms with van der Waals surface area (Å²) in [5, 5.41) is 9.50. The van der Waals surface area contributed by atoms with Gasteiger partial charge in [0, 0.05) is 12.5 Å². The van der Waals surface area contributed by atoms with Crippen molar-refractivity contribution in [2.45, 2.75) is 97.5 Å². The Morgan fingerprint density at radius 1 is 0.767 bits per heavy atom.